The summed E-state index contributed by atoms with van der Waals surface area (Å²) in [6, 6.07) is 11.3. The highest BCUT2D eigenvalue weighted by Crippen LogP contribution is 2.34. The second kappa shape index (κ2) is 7.56. The number of hydrogen-bond donors (Lipinski definition) is 2. The first kappa shape index (κ1) is 17.9. The molecule has 1 aliphatic rings. The molecule has 1 atom stereocenters. The molecule has 6 heteroatoms. The average molecular weight is 355 g/mol. The molecule has 0 aliphatic carbocycles. The van der Waals surface area contributed by atoms with Crippen molar-refractivity contribution < 1.29 is 14.0 Å². The zero-order valence-corrected chi connectivity index (χ0v) is 14.7. The van der Waals surface area contributed by atoms with Gasteiger partial charge in [0.1, 0.15) is 5.82 Å². The van der Waals surface area contributed by atoms with Crippen LogP contribution in [0.2, 0.25) is 0 Å². The standard InChI is InChI=1S/C20H22FN3O2/c1-13(14-6-2-3-8-16(14)21)12-19(25)24-11-5-7-15-17(23-20(22)26)9-4-10-18(15)24/h2-4,6,8-10,13H,5,7,11-12H2,1H3,(H3,22,23,26)/t13-/m1/s1. The number of urea groups is 1. The third-order valence-electron chi connectivity index (χ3n) is 4.73. The van der Waals surface area contributed by atoms with E-state index >= 15 is 0 Å². The molecule has 2 aromatic rings. The van der Waals surface area contributed by atoms with Gasteiger partial charge in [0.05, 0.1) is 0 Å². The maximum atomic E-state index is 14.0. The maximum Gasteiger partial charge on any atom is 0.316 e. The first-order valence-electron chi connectivity index (χ1n) is 8.70. The number of carbonyl (C=O) groups excluding carboxylic acids is 2. The van der Waals surface area contributed by atoms with Gasteiger partial charge in [-0.2, -0.15) is 0 Å². The molecule has 26 heavy (non-hydrogen) atoms. The number of rotatable bonds is 4. The number of benzene rings is 2. The Bertz CT molecular complexity index is 838. The second-order valence-corrected chi connectivity index (χ2v) is 6.57. The van der Waals surface area contributed by atoms with E-state index < -0.39 is 6.03 Å². The molecule has 1 aliphatic heterocycles. The summed E-state index contributed by atoms with van der Waals surface area (Å²) < 4.78 is 14.0. The van der Waals surface area contributed by atoms with Crippen LogP contribution >= 0.6 is 0 Å². The average Bonchev–Trinajstić information content (AvgIpc) is 2.61. The molecule has 3 amide bonds. The third-order valence-corrected chi connectivity index (χ3v) is 4.73. The fourth-order valence-electron chi connectivity index (χ4n) is 3.49. The minimum atomic E-state index is -0.630. The molecule has 5 nitrogen and oxygen atoms in total. The fraction of sp³-hybridized carbons (Fsp3) is 0.300. The molecule has 0 aromatic heterocycles. The second-order valence-electron chi connectivity index (χ2n) is 6.57. The number of primary amides is 1. The van der Waals surface area contributed by atoms with Crippen molar-refractivity contribution in [2.24, 2.45) is 5.73 Å². The van der Waals surface area contributed by atoms with Crippen LogP contribution in [0.1, 0.15) is 36.8 Å². The highest BCUT2D eigenvalue weighted by molar-refractivity contribution is 5.97. The van der Waals surface area contributed by atoms with E-state index in [1.165, 1.54) is 6.07 Å². The molecule has 3 N–H and O–H groups in total. The molecule has 0 radical (unpaired) electrons. The SMILES string of the molecule is C[C@H](CC(=O)N1CCCc2c(NC(N)=O)cccc21)c1ccccc1F. The van der Waals surface area contributed by atoms with E-state index in [1.807, 2.05) is 13.0 Å². The predicted molar refractivity (Wildman–Crippen MR) is 99.8 cm³/mol. The van der Waals surface area contributed by atoms with Crippen LogP contribution < -0.4 is 16.0 Å². The largest absolute Gasteiger partial charge is 0.351 e. The molecule has 0 saturated heterocycles. The number of carbonyl (C=O) groups is 2. The lowest BCUT2D eigenvalue weighted by molar-refractivity contribution is -0.119. The summed E-state index contributed by atoms with van der Waals surface area (Å²) in [6.07, 6.45) is 1.77. The van der Waals surface area contributed by atoms with Gasteiger partial charge < -0.3 is 16.0 Å². The van der Waals surface area contributed by atoms with Gasteiger partial charge in [-0.15, -0.1) is 0 Å². The Balaban J connectivity index is 1.82. The molecule has 3 rings (SSSR count). The fourth-order valence-corrected chi connectivity index (χ4v) is 3.49. The Morgan fingerprint density at radius 1 is 1.23 bits per heavy atom. The van der Waals surface area contributed by atoms with Crippen LogP contribution in [0.25, 0.3) is 0 Å². The van der Waals surface area contributed by atoms with Crippen LogP contribution in [0.4, 0.5) is 20.6 Å². The molecule has 0 fully saturated rings. The summed E-state index contributed by atoms with van der Waals surface area (Å²) in [4.78, 5) is 25.8. The Morgan fingerprint density at radius 2 is 2.00 bits per heavy atom. The van der Waals surface area contributed by atoms with Gasteiger partial charge >= 0.3 is 6.03 Å². The van der Waals surface area contributed by atoms with E-state index in [0.717, 1.165) is 24.1 Å². The molecule has 136 valence electrons. The van der Waals surface area contributed by atoms with Crippen molar-refractivity contribution in [2.45, 2.75) is 32.1 Å². The lowest BCUT2D eigenvalue weighted by Gasteiger charge is -2.31. The molecular formula is C20H22FN3O2. The number of nitrogens with two attached hydrogens (primary N) is 1. The molecule has 2 aromatic carbocycles. The van der Waals surface area contributed by atoms with Crippen molar-refractivity contribution in [1.29, 1.82) is 0 Å². The topological polar surface area (TPSA) is 75.4 Å². The van der Waals surface area contributed by atoms with Gasteiger partial charge in [-0.05, 0) is 48.1 Å². The zero-order chi connectivity index (χ0) is 18.7. The van der Waals surface area contributed by atoms with Gasteiger partial charge in [0.15, 0.2) is 0 Å². The van der Waals surface area contributed by atoms with Crippen molar-refractivity contribution in [3.8, 4) is 0 Å². The minimum Gasteiger partial charge on any atom is -0.351 e. The number of hydrogen-bond acceptors (Lipinski definition) is 2. The van der Waals surface area contributed by atoms with Crippen LogP contribution in [-0.4, -0.2) is 18.5 Å². The molecular weight excluding hydrogens is 333 g/mol. The van der Waals surface area contributed by atoms with Crippen LogP contribution in [0.15, 0.2) is 42.5 Å². The molecule has 1 heterocycles. The van der Waals surface area contributed by atoms with Gasteiger partial charge in [-0.3, -0.25) is 4.79 Å². The smallest absolute Gasteiger partial charge is 0.316 e. The normalized spacial score (nSPS) is 14.5. The highest BCUT2D eigenvalue weighted by atomic mass is 19.1. The summed E-state index contributed by atoms with van der Waals surface area (Å²) in [5.74, 6) is -0.571. The number of amides is 3. The van der Waals surface area contributed by atoms with Gasteiger partial charge in [0, 0.05) is 24.3 Å². The van der Waals surface area contributed by atoms with Crippen molar-refractivity contribution in [3.63, 3.8) is 0 Å². The number of fused-ring (bicyclic) bond motifs is 1. The first-order valence-corrected chi connectivity index (χ1v) is 8.70. The lowest BCUT2D eigenvalue weighted by atomic mass is 9.94. The zero-order valence-electron chi connectivity index (χ0n) is 14.7. The van der Waals surface area contributed by atoms with E-state index in [-0.39, 0.29) is 24.1 Å². The first-order chi connectivity index (χ1) is 12.5. The summed E-state index contributed by atoms with van der Waals surface area (Å²) in [6.45, 7) is 2.46. The predicted octanol–water partition coefficient (Wildman–Crippen LogP) is 3.79. The lowest BCUT2D eigenvalue weighted by Crippen LogP contribution is -2.36. The Kier molecular flexibility index (Phi) is 5.21. The minimum absolute atomic E-state index is 0.0575. The van der Waals surface area contributed by atoms with Crippen LogP contribution in [-0.2, 0) is 11.2 Å². The van der Waals surface area contributed by atoms with E-state index in [4.69, 9.17) is 5.73 Å². The van der Waals surface area contributed by atoms with Crippen LogP contribution in [0.3, 0.4) is 0 Å². The van der Waals surface area contributed by atoms with Crippen LogP contribution in [0.5, 0.6) is 0 Å². The van der Waals surface area contributed by atoms with Gasteiger partial charge in [0.2, 0.25) is 5.91 Å². The number of anilines is 2. The van der Waals surface area contributed by atoms with Gasteiger partial charge in [0.25, 0.3) is 0 Å². The van der Waals surface area contributed by atoms with Gasteiger partial charge in [-0.1, -0.05) is 31.2 Å². The summed E-state index contributed by atoms with van der Waals surface area (Å²) >= 11 is 0. The molecule has 0 saturated carbocycles. The van der Waals surface area contributed by atoms with E-state index in [0.29, 0.717) is 17.8 Å². The van der Waals surface area contributed by atoms with Crippen molar-refractivity contribution in [3.05, 3.63) is 59.4 Å². The Hall–Kier alpha value is -2.89. The van der Waals surface area contributed by atoms with Crippen molar-refractivity contribution in [1.82, 2.24) is 0 Å². The quantitative estimate of drug-likeness (QED) is 0.875. The summed E-state index contributed by atoms with van der Waals surface area (Å²) in [5, 5.41) is 2.62. The van der Waals surface area contributed by atoms with E-state index in [2.05, 4.69) is 5.32 Å². The maximum absolute atomic E-state index is 14.0. The van der Waals surface area contributed by atoms with Crippen LogP contribution in [0, 0.1) is 5.82 Å². The summed E-state index contributed by atoms with van der Waals surface area (Å²) in [7, 11) is 0. The number of nitrogens with zero attached hydrogens (tertiary/aromatic N) is 1. The monoisotopic (exact) mass is 355 g/mol. The van der Waals surface area contributed by atoms with E-state index in [1.54, 1.807) is 35.2 Å². The summed E-state index contributed by atoms with van der Waals surface area (Å²) in [5.41, 5.74) is 8.10. The third kappa shape index (κ3) is 3.69. The highest BCUT2D eigenvalue weighted by Gasteiger charge is 2.26. The molecule has 0 spiro atoms. The molecule has 0 unspecified atom stereocenters. The van der Waals surface area contributed by atoms with Crippen molar-refractivity contribution in [2.75, 3.05) is 16.8 Å². The Labute approximate surface area is 152 Å². The number of nitrogens with one attached hydrogen (secondary N) is 1. The van der Waals surface area contributed by atoms with E-state index in [9.17, 15) is 14.0 Å². The molecule has 0 bridgehead atoms. The van der Waals surface area contributed by atoms with Gasteiger partial charge in [-0.25, -0.2) is 9.18 Å². The van der Waals surface area contributed by atoms with Crippen molar-refractivity contribution >= 4 is 23.3 Å². The number of halogens is 1. The Morgan fingerprint density at radius 3 is 2.73 bits per heavy atom.